The Balaban J connectivity index is 1.88. The van der Waals surface area contributed by atoms with Crippen molar-refractivity contribution in [1.82, 2.24) is 21.2 Å². The van der Waals surface area contributed by atoms with Crippen LogP contribution in [0.5, 0.6) is 0 Å². The lowest BCUT2D eigenvalue weighted by Gasteiger charge is -2.23. The van der Waals surface area contributed by atoms with Crippen LogP contribution >= 0.6 is 23.6 Å². The van der Waals surface area contributed by atoms with Gasteiger partial charge in [-0.2, -0.15) is 0 Å². The first-order valence-corrected chi connectivity index (χ1v) is 9.44. The number of amides is 1. The number of nitrogens with one attached hydrogen (secondary N) is 3. The van der Waals surface area contributed by atoms with Crippen LogP contribution in [0, 0.1) is 0 Å². The molecular weight excluding hydrogens is 364 g/mol. The number of aromatic nitrogens is 1. The number of fused-ring (bicyclic) bond motifs is 1. The fourth-order valence-corrected chi connectivity index (χ4v) is 3.51. The van der Waals surface area contributed by atoms with Crippen molar-refractivity contribution in [3.63, 3.8) is 0 Å². The summed E-state index contributed by atoms with van der Waals surface area (Å²) in [5, 5.41) is 6.24. The van der Waals surface area contributed by atoms with Crippen molar-refractivity contribution in [2.24, 2.45) is 0 Å². The predicted molar refractivity (Wildman–Crippen MR) is 111 cm³/mol. The van der Waals surface area contributed by atoms with E-state index >= 15 is 0 Å². The maximum atomic E-state index is 12.8. The fourth-order valence-electron chi connectivity index (χ4n) is 2.47. The van der Waals surface area contributed by atoms with E-state index in [0.29, 0.717) is 10.7 Å². The van der Waals surface area contributed by atoms with Crippen molar-refractivity contribution < 1.29 is 4.79 Å². The van der Waals surface area contributed by atoms with Crippen LogP contribution in [0.15, 0.2) is 47.8 Å². The molecule has 2 heterocycles. The minimum absolute atomic E-state index is 0.190. The number of hydrogen-bond acceptors (Lipinski definition) is 4. The Kier molecular flexibility index (Phi) is 5.20. The average Bonchev–Trinajstić information content (AvgIpc) is 3.12. The van der Waals surface area contributed by atoms with E-state index in [0.717, 1.165) is 21.5 Å². The standard InChI is InChI=1S/C19H20N4OS2/c1-19(2,3)21-18(25)23-22-17(24)13-11-15(16-9-6-10-26-16)20-14-8-5-4-7-12(13)14/h4-11H,1-3H3,(H,22,24)(H2,21,23,25). The number of nitrogens with zero attached hydrogens (tertiary/aromatic N) is 1. The lowest BCUT2D eigenvalue weighted by Crippen LogP contribution is -2.52. The number of benzene rings is 1. The summed E-state index contributed by atoms with van der Waals surface area (Å²) in [7, 11) is 0. The van der Waals surface area contributed by atoms with Gasteiger partial charge in [-0.1, -0.05) is 24.3 Å². The van der Waals surface area contributed by atoms with E-state index in [2.05, 4.69) is 21.2 Å². The van der Waals surface area contributed by atoms with E-state index in [-0.39, 0.29) is 11.4 Å². The second-order valence-electron chi connectivity index (χ2n) is 6.83. The van der Waals surface area contributed by atoms with Crippen molar-refractivity contribution in [3.8, 4) is 10.6 Å². The minimum Gasteiger partial charge on any atom is -0.357 e. The number of rotatable bonds is 2. The molecule has 7 heteroatoms. The highest BCUT2D eigenvalue weighted by Gasteiger charge is 2.16. The monoisotopic (exact) mass is 384 g/mol. The van der Waals surface area contributed by atoms with Crippen molar-refractivity contribution in [1.29, 1.82) is 0 Å². The topological polar surface area (TPSA) is 66.0 Å². The van der Waals surface area contributed by atoms with Crippen LogP contribution < -0.4 is 16.2 Å². The predicted octanol–water partition coefficient (Wildman–Crippen LogP) is 3.87. The van der Waals surface area contributed by atoms with Gasteiger partial charge in [-0.05, 0) is 56.6 Å². The SMILES string of the molecule is CC(C)(C)NC(=S)NNC(=O)c1cc(-c2cccs2)nc2ccccc12. The molecular formula is C19H20N4OS2. The fraction of sp³-hybridized carbons (Fsp3) is 0.211. The van der Waals surface area contributed by atoms with Crippen LogP contribution in [0.25, 0.3) is 21.5 Å². The van der Waals surface area contributed by atoms with Gasteiger partial charge in [-0.25, -0.2) is 4.98 Å². The smallest absolute Gasteiger partial charge is 0.270 e. The van der Waals surface area contributed by atoms with Gasteiger partial charge in [0.1, 0.15) is 0 Å². The number of hydrogen-bond donors (Lipinski definition) is 3. The molecule has 26 heavy (non-hydrogen) atoms. The molecule has 0 aliphatic rings. The van der Waals surface area contributed by atoms with Crippen LogP contribution in [0.3, 0.4) is 0 Å². The molecule has 1 amide bonds. The molecule has 1 aromatic carbocycles. The molecule has 0 bridgehead atoms. The van der Waals surface area contributed by atoms with Gasteiger partial charge >= 0.3 is 0 Å². The second-order valence-corrected chi connectivity index (χ2v) is 8.19. The maximum absolute atomic E-state index is 12.8. The Hall–Kier alpha value is -2.51. The van der Waals surface area contributed by atoms with Gasteiger partial charge < -0.3 is 5.32 Å². The third-order valence-corrected chi connectivity index (χ3v) is 4.61. The molecule has 0 unspecified atom stereocenters. The molecule has 2 aromatic heterocycles. The summed E-state index contributed by atoms with van der Waals surface area (Å²) in [6, 6.07) is 13.4. The van der Waals surface area contributed by atoms with Gasteiger partial charge in [0.25, 0.3) is 5.91 Å². The minimum atomic E-state index is -0.264. The van der Waals surface area contributed by atoms with Gasteiger partial charge in [0.15, 0.2) is 5.11 Å². The van der Waals surface area contributed by atoms with Gasteiger partial charge in [0, 0.05) is 10.9 Å². The van der Waals surface area contributed by atoms with Gasteiger partial charge in [0.05, 0.1) is 21.7 Å². The van der Waals surface area contributed by atoms with E-state index in [9.17, 15) is 4.79 Å². The highest BCUT2D eigenvalue weighted by Crippen LogP contribution is 2.27. The largest absolute Gasteiger partial charge is 0.357 e. The van der Waals surface area contributed by atoms with Crippen molar-refractivity contribution in [3.05, 3.63) is 53.4 Å². The van der Waals surface area contributed by atoms with E-state index in [1.807, 2.05) is 68.6 Å². The Bertz CT molecular complexity index is 946. The Morgan fingerprint density at radius 3 is 2.58 bits per heavy atom. The van der Waals surface area contributed by atoms with E-state index in [1.165, 1.54) is 0 Å². The van der Waals surface area contributed by atoms with Crippen LogP contribution in [0.4, 0.5) is 0 Å². The van der Waals surface area contributed by atoms with Crippen LogP contribution in [0.1, 0.15) is 31.1 Å². The first kappa shape index (κ1) is 18.3. The number of carbonyl (C=O) groups excluding carboxylic acids is 1. The van der Waals surface area contributed by atoms with Gasteiger partial charge in [0.2, 0.25) is 0 Å². The van der Waals surface area contributed by atoms with Crippen molar-refractivity contribution in [2.75, 3.05) is 0 Å². The van der Waals surface area contributed by atoms with Crippen LogP contribution in [-0.4, -0.2) is 21.5 Å². The van der Waals surface area contributed by atoms with Crippen LogP contribution in [-0.2, 0) is 0 Å². The summed E-state index contributed by atoms with van der Waals surface area (Å²) in [4.78, 5) is 18.5. The highest BCUT2D eigenvalue weighted by atomic mass is 32.1. The number of para-hydroxylation sites is 1. The molecule has 3 N–H and O–H groups in total. The lowest BCUT2D eigenvalue weighted by atomic mass is 10.1. The zero-order valence-electron chi connectivity index (χ0n) is 14.8. The maximum Gasteiger partial charge on any atom is 0.270 e. The number of hydrazine groups is 1. The average molecular weight is 385 g/mol. The molecule has 0 radical (unpaired) electrons. The highest BCUT2D eigenvalue weighted by molar-refractivity contribution is 7.80. The third kappa shape index (κ3) is 4.36. The second kappa shape index (κ2) is 7.39. The summed E-state index contributed by atoms with van der Waals surface area (Å²) in [5.41, 5.74) is 7.34. The number of carbonyl (C=O) groups is 1. The van der Waals surface area contributed by atoms with Crippen molar-refractivity contribution in [2.45, 2.75) is 26.3 Å². The van der Waals surface area contributed by atoms with E-state index < -0.39 is 0 Å². The van der Waals surface area contributed by atoms with Crippen molar-refractivity contribution >= 4 is 45.5 Å². The molecule has 0 aliphatic carbocycles. The van der Waals surface area contributed by atoms with Crippen LogP contribution in [0.2, 0.25) is 0 Å². The van der Waals surface area contributed by atoms with E-state index in [1.54, 1.807) is 11.3 Å². The zero-order chi connectivity index (χ0) is 18.7. The molecule has 5 nitrogen and oxygen atoms in total. The Labute approximate surface area is 161 Å². The molecule has 0 saturated carbocycles. The number of thiophene rings is 1. The molecule has 0 aliphatic heterocycles. The molecule has 0 saturated heterocycles. The Morgan fingerprint density at radius 1 is 1.12 bits per heavy atom. The summed E-state index contributed by atoms with van der Waals surface area (Å²) in [6.45, 7) is 5.98. The normalized spacial score (nSPS) is 11.2. The molecule has 3 aromatic rings. The lowest BCUT2D eigenvalue weighted by molar-refractivity contribution is 0.0945. The van der Waals surface area contributed by atoms with Gasteiger partial charge in [-0.15, -0.1) is 11.3 Å². The summed E-state index contributed by atoms with van der Waals surface area (Å²) < 4.78 is 0. The molecule has 0 fully saturated rings. The number of pyridine rings is 1. The summed E-state index contributed by atoms with van der Waals surface area (Å²) in [5.74, 6) is -0.264. The molecule has 0 spiro atoms. The zero-order valence-corrected chi connectivity index (χ0v) is 16.4. The van der Waals surface area contributed by atoms with Gasteiger partial charge in [-0.3, -0.25) is 15.6 Å². The quantitative estimate of drug-likeness (QED) is 0.462. The first-order valence-electron chi connectivity index (χ1n) is 8.16. The third-order valence-electron chi connectivity index (χ3n) is 3.51. The number of thiocarbonyl (C=S) groups is 1. The molecule has 0 atom stereocenters. The summed E-state index contributed by atoms with van der Waals surface area (Å²) >= 11 is 6.80. The summed E-state index contributed by atoms with van der Waals surface area (Å²) in [6.07, 6.45) is 0. The molecule has 134 valence electrons. The van der Waals surface area contributed by atoms with E-state index in [4.69, 9.17) is 12.2 Å². The molecule has 3 rings (SSSR count). The Morgan fingerprint density at radius 2 is 1.88 bits per heavy atom. The first-order chi connectivity index (χ1) is 12.3.